The molecule has 1 saturated heterocycles. The van der Waals surface area contributed by atoms with Crippen LogP contribution in [0.25, 0.3) is 0 Å². The van der Waals surface area contributed by atoms with Crippen LogP contribution in [0.2, 0.25) is 5.02 Å². The smallest absolute Gasteiger partial charge is 0.240 e. The van der Waals surface area contributed by atoms with Crippen molar-refractivity contribution >= 4 is 21.6 Å². The Morgan fingerprint density at radius 2 is 2.10 bits per heavy atom. The number of halogens is 1. The second-order valence-electron chi connectivity index (χ2n) is 5.08. The van der Waals surface area contributed by atoms with Crippen LogP contribution in [0.15, 0.2) is 23.1 Å². The fourth-order valence-corrected chi connectivity index (χ4v) is 3.83. The zero-order chi connectivity index (χ0) is 15.3. The number of ether oxygens (including phenoxy) is 1. The average molecular weight is 333 g/mol. The highest BCUT2D eigenvalue weighted by Crippen LogP contribution is 2.22. The molecule has 1 aromatic carbocycles. The van der Waals surface area contributed by atoms with Crippen LogP contribution < -0.4 is 10.0 Å². The highest BCUT2D eigenvalue weighted by atomic mass is 35.5. The average Bonchev–Trinajstić information content (AvgIpc) is 2.47. The number of hydrogen-bond donors (Lipinski definition) is 2. The number of piperidine rings is 1. The Balaban J connectivity index is 1.85. The molecule has 0 aliphatic carbocycles. The van der Waals surface area contributed by atoms with Gasteiger partial charge in [-0.1, -0.05) is 17.7 Å². The van der Waals surface area contributed by atoms with E-state index in [0.29, 0.717) is 17.2 Å². The third-order valence-corrected chi connectivity index (χ3v) is 5.56. The van der Waals surface area contributed by atoms with Crippen LogP contribution in [0, 0.1) is 6.92 Å². The van der Waals surface area contributed by atoms with Gasteiger partial charge in [0.15, 0.2) is 0 Å². The third-order valence-electron chi connectivity index (χ3n) is 3.54. The predicted octanol–water partition coefficient (Wildman–Crippen LogP) is 1.70. The van der Waals surface area contributed by atoms with Gasteiger partial charge in [0.05, 0.1) is 17.6 Å². The third kappa shape index (κ3) is 4.66. The second kappa shape index (κ2) is 7.56. The molecule has 0 unspecified atom stereocenters. The SMILES string of the molecule is Cc1c(Cl)cccc1S(=O)(=O)NCCOC1CCNCC1. The fourth-order valence-electron chi connectivity index (χ4n) is 2.32. The minimum absolute atomic E-state index is 0.219. The van der Waals surface area contributed by atoms with Crippen molar-refractivity contribution in [1.29, 1.82) is 0 Å². The van der Waals surface area contributed by atoms with Crippen molar-refractivity contribution in [2.75, 3.05) is 26.2 Å². The van der Waals surface area contributed by atoms with E-state index in [4.69, 9.17) is 16.3 Å². The van der Waals surface area contributed by atoms with Gasteiger partial charge in [-0.15, -0.1) is 0 Å². The summed E-state index contributed by atoms with van der Waals surface area (Å²) in [6, 6.07) is 4.86. The van der Waals surface area contributed by atoms with Crippen molar-refractivity contribution in [2.45, 2.75) is 30.8 Å². The van der Waals surface area contributed by atoms with Gasteiger partial charge in [-0.05, 0) is 50.6 Å². The molecule has 1 heterocycles. The van der Waals surface area contributed by atoms with Gasteiger partial charge < -0.3 is 10.1 Å². The maximum atomic E-state index is 12.2. The van der Waals surface area contributed by atoms with Crippen molar-refractivity contribution in [2.24, 2.45) is 0 Å². The molecule has 7 heteroatoms. The number of sulfonamides is 1. The minimum Gasteiger partial charge on any atom is -0.377 e. The highest BCUT2D eigenvalue weighted by Gasteiger charge is 2.18. The molecule has 2 rings (SSSR count). The summed E-state index contributed by atoms with van der Waals surface area (Å²) in [7, 11) is -3.54. The maximum absolute atomic E-state index is 12.2. The van der Waals surface area contributed by atoms with E-state index < -0.39 is 10.0 Å². The Kier molecular flexibility index (Phi) is 6.01. The molecule has 21 heavy (non-hydrogen) atoms. The molecule has 2 N–H and O–H groups in total. The van der Waals surface area contributed by atoms with Gasteiger partial charge >= 0.3 is 0 Å². The van der Waals surface area contributed by atoms with Gasteiger partial charge in [-0.2, -0.15) is 0 Å². The molecule has 1 fully saturated rings. The minimum atomic E-state index is -3.54. The summed E-state index contributed by atoms with van der Waals surface area (Å²) in [5, 5.41) is 3.71. The molecular formula is C14H21ClN2O3S. The second-order valence-corrected chi connectivity index (χ2v) is 7.22. The van der Waals surface area contributed by atoms with Crippen LogP contribution in [-0.2, 0) is 14.8 Å². The lowest BCUT2D eigenvalue weighted by Crippen LogP contribution is -2.35. The van der Waals surface area contributed by atoms with E-state index in [9.17, 15) is 8.42 Å². The van der Waals surface area contributed by atoms with Gasteiger partial charge in [-0.3, -0.25) is 0 Å². The highest BCUT2D eigenvalue weighted by molar-refractivity contribution is 7.89. The molecule has 5 nitrogen and oxygen atoms in total. The molecule has 0 aromatic heterocycles. The lowest BCUT2D eigenvalue weighted by atomic mass is 10.1. The molecule has 1 aromatic rings. The molecular weight excluding hydrogens is 312 g/mol. The summed E-state index contributed by atoms with van der Waals surface area (Å²) < 4.78 is 32.7. The Morgan fingerprint density at radius 1 is 1.38 bits per heavy atom. The van der Waals surface area contributed by atoms with Crippen molar-refractivity contribution in [3.63, 3.8) is 0 Å². The zero-order valence-corrected chi connectivity index (χ0v) is 13.6. The molecule has 0 atom stereocenters. The summed E-state index contributed by atoms with van der Waals surface area (Å²) in [6.45, 7) is 4.25. The fraction of sp³-hybridized carbons (Fsp3) is 0.571. The standard InChI is InChI=1S/C14H21ClN2O3S/c1-11-13(15)3-2-4-14(11)21(18,19)17-9-10-20-12-5-7-16-8-6-12/h2-4,12,16-17H,5-10H2,1H3. The monoisotopic (exact) mass is 332 g/mol. The Morgan fingerprint density at radius 3 is 2.81 bits per heavy atom. The molecule has 0 bridgehead atoms. The first-order chi connectivity index (χ1) is 10.0. The largest absolute Gasteiger partial charge is 0.377 e. The summed E-state index contributed by atoms with van der Waals surface area (Å²) in [5.41, 5.74) is 0.561. The van der Waals surface area contributed by atoms with Gasteiger partial charge in [-0.25, -0.2) is 13.1 Å². The van der Waals surface area contributed by atoms with Crippen molar-refractivity contribution in [1.82, 2.24) is 10.0 Å². The summed E-state index contributed by atoms with van der Waals surface area (Å²) in [5.74, 6) is 0. The normalized spacial score (nSPS) is 17.0. The first-order valence-electron chi connectivity index (χ1n) is 7.08. The number of hydrogen-bond acceptors (Lipinski definition) is 4. The van der Waals surface area contributed by atoms with Crippen LogP contribution in [0.5, 0.6) is 0 Å². The van der Waals surface area contributed by atoms with E-state index in [-0.39, 0.29) is 17.5 Å². The topological polar surface area (TPSA) is 67.4 Å². The number of nitrogens with one attached hydrogen (secondary N) is 2. The lowest BCUT2D eigenvalue weighted by Gasteiger charge is -2.23. The summed E-state index contributed by atoms with van der Waals surface area (Å²) in [4.78, 5) is 0.219. The van der Waals surface area contributed by atoms with Crippen LogP contribution >= 0.6 is 11.6 Å². The van der Waals surface area contributed by atoms with Crippen molar-refractivity contribution < 1.29 is 13.2 Å². The molecule has 118 valence electrons. The maximum Gasteiger partial charge on any atom is 0.240 e. The number of rotatable bonds is 6. The number of benzene rings is 1. The van der Waals surface area contributed by atoms with E-state index in [1.54, 1.807) is 25.1 Å². The van der Waals surface area contributed by atoms with Gasteiger partial charge in [0.1, 0.15) is 0 Å². The molecule has 0 spiro atoms. The lowest BCUT2D eigenvalue weighted by molar-refractivity contribution is 0.0367. The Labute approximate surface area is 131 Å². The Hall–Kier alpha value is -0.660. The van der Waals surface area contributed by atoms with E-state index in [2.05, 4.69) is 10.0 Å². The van der Waals surface area contributed by atoms with E-state index >= 15 is 0 Å². The van der Waals surface area contributed by atoms with Crippen LogP contribution in [-0.4, -0.2) is 40.8 Å². The van der Waals surface area contributed by atoms with Gasteiger partial charge in [0.2, 0.25) is 10.0 Å². The van der Waals surface area contributed by atoms with E-state index in [1.807, 2.05) is 0 Å². The first-order valence-corrected chi connectivity index (χ1v) is 8.94. The molecule has 0 saturated carbocycles. The molecule has 0 radical (unpaired) electrons. The van der Waals surface area contributed by atoms with Crippen LogP contribution in [0.4, 0.5) is 0 Å². The van der Waals surface area contributed by atoms with E-state index in [1.165, 1.54) is 0 Å². The zero-order valence-electron chi connectivity index (χ0n) is 12.1. The van der Waals surface area contributed by atoms with Crippen LogP contribution in [0.3, 0.4) is 0 Å². The summed E-state index contributed by atoms with van der Waals surface area (Å²) in [6.07, 6.45) is 2.17. The predicted molar refractivity (Wildman–Crippen MR) is 83.2 cm³/mol. The summed E-state index contributed by atoms with van der Waals surface area (Å²) >= 11 is 5.96. The Bertz CT molecular complexity index is 572. The van der Waals surface area contributed by atoms with Crippen LogP contribution in [0.1, 0.15) is 18.4 Å². The molecule has 1 aliphatic rings. The first kappa shape index (κ1) is 16.7. The molecule has 0 amide bonds. The quantitative estimate of drug-likeness (QED) is 0.778. The van der Waals surface area contributed by atoms with Gasteiger partial charge in [0, 0.05) is 11.6 Å². The van der Waals surface area contributed by atoms with Crippen molar-refractivity contribution in [3.05, 3.63) is 28.8 Å². The van der Waals surface area contributed by atoms with Gasteiger partial charge in [0.25, 0.3) is 0 Å². The van der Waals surface area contributed by atoms with E-state index in [0.717, 1.165) is 25.9 Å². The van der Waals surface area contributed by atoms with Crippen molar-refractivity contribution in [3.8, 4) is 0 Å². The molecule has 1 aliphatic heterocycles.